The molecule has 0 amide bonds. The second kappa shape index (κ2) is 6.96. The monoisotopic (exact) mass is 377 g/mol. The molecule has 0 radical (unpaired) electrons. The number of halogens is 4. The van der Waals surface area contributed by atoms with Gasteiger partial charge in [0, 0.05) is 28.1 Å². The highest BCUT2D eigenvalue weighted by Crippen LogP contribution is 2.31. The fourth-order valence-corrected chi connectivity index (χ4v) is 2.84. The second-order valence-electron chi connectivity index (χ2n) is 4.06. The molecule has 0 bridgehead atoms. The summed E-state index contributed by atoms with van der Waals surface area (Å²) in [7, 11) is 0. The van der Waals surface area contributed by atoms with E-state index in [1.807, 2.05) is 12.1 Å². The van der Waals surface area contributed by atoms with Gasteiger partial charge in [0.25, 0.3) is 0 Å². The predicted octanol–water partition coefficient (Wildman–Crippen LogP) is 5.70. The minimum absolute atomic E-state index is 0.510. The first-order valence-corrected chi connectivity index (χ1v) is 7.58. The molecular formula is C14H11BrCl3N. The standard InChI is InChI=1S/C14H11BrCl3N/c15-10-3-1-2-9(6-10)7-19-8-11-12(16)4-5-13(17)14(11)18/h1-6,19H,7-8H2. The molecule has 0 saturated carbocycles. The maximum absolute atomic E-state index is 6.14. The number of hydrogen-bond donors (Lipinski definition) is 1. The van der Waals surface area contributed by atoms with Crippen molar-refractivity contribution in [3.8, 4) is 0 Å². The van der Waals surface area contributed by atoms with Gasteiger partial charge in [0.2, 0.25) is 0 Å². The van der Waals surface area contributed by atoms with Gasteiger partial charge in [-0.05, 0) is 29.8 Å². The van der Waals surface area contributed by atoms with Crippen LogP contribution in [-0.4, -0.2) is 0 Å². The van der Waals surface area contributed by atoms with Crippen molar-refractivity contribution in [2.45, 2.75) is 13.1 Å². The Morgan fingerprint density at radius 2 is 1.68 bits per heavy atom. The Hall–Kier alpha value is -0.250. The molecule has 0 saturated heterocycles. The molecule has 0 aliphatic heterocycles. The fraction of sp³-hybridized carbons (Fsp3) is 0.143. The minimum Gasteiger partial charge on any atom is -0.309 e. The Kier molecular flexibility index (Phi) is 5.55. The van der Waals surface area contributed by atoms with Gasteiger partial charge in [-0.1, -0.05) is 62.9 Å². The van der Waals surface area contributed by atoms with Crippen molar-refractivity contribution >= 4 is 50.7 Å². The molecule has 1 N–H and O–H groups in total. The lowest BCUT2D eigenvalue weighted by Gasteiger charge is -2.10. The molecule has 0 aliphatic rings. The number of rotatable bonds is 4. The smallest absolute Gasteiger partial charge is 0.0652 e. The van der Waals surface area contributed by atoms with Crippen molar-refractivity contribution in [2.24, 2.45) is 0 Å². The summed E-state index contributed by atoms with van der Waals surface area (Å²) in [6.07, 6.45) is 0. The highest BCUT2D eigenvalue weighted by atomic mass is 79.9. The highest BCUT2D eigenvalue weighted by molar-refractivity contribution is 9.10. The summed E-state index contributed by atoms with van der Waals surface area (Å²) < 4.78 is 1.06. The first-order chi connectivity index (χ1) is 9.08. The van der Waals surface area contributed by atoms with Gasteiger partial charge in [-0.25, -0.2) is 0 Å². The van der Waals surface area contributed by atoms with Crippen LogP contribution in [0.3, 0.4) is 0 Å². The fourth-order valence-electron chi connectivity index (χ4n) is 1.71. The van der Waals surface area contributed by atoms with Crippen LogP contribution in [0.5, 0.6) is 0 Å². The van der Waals surface area contributed by atoms with E-state index in [0.717, 1.165) is 16.6 Å². The van der Waals surface area contributed by atoms with E-state index >= 15 is 0 Å². The number of hydrogen-bond acceptors (Lipinski definition) is 1. The van der Waals surface area contributed by atoms with Crippen molar-refractivity contribution in [1.82, 2.24) is 5.32 Å². The van der Waals surface area contributed by atoms with Crippen LogP contribution < -0.4 is 5.32 Å². The summed E-state index contributed by atoms with van der Waals surface area (Å²) in [5.41, 5.74) is 2.01. The van der Waals surface area contributed by atoms with E-state index in [2.05, 4.69) is 33.4 Å². The van der Waals surface area contributed by atoms with E-state index in [9.17, 15) is 0 Å². The summed E-state index contributed by atoms with van der Waals surface area (Å²) in [6.45, 7) is 1.31. The predicted molar refractivity (Wildman–Crippen MR) is 86.2 cm³/mol. The van der Waals surface area contributed by atoms with Crippen LogP contribution in [-0.2, 0) is 13.1 Å². The molecule has 0 heterocycles. The van der Waals surface area contributed by atoms with Gasteiger partial charge < -0.3 is 5.32 Å². The van der Waals surface area contributed by atoms with Crippen LogP contribution in [0.25, 0.3) is 0 Å². The van der Waals surface area contributed by atoms with Gasteiger partial charge in [0.15, 0.2) is 0 Å². The number of nitrogens with one attached hydrogen (secondary N) is 1. The zero-order chi connectivity index (χ0) is 13.8. The molecular weight excluding hydrogens is 368 g/mol. The van der Waals surface area contributed by atoms with Gasteiger partial charge in [-0.15, -0.1) is 0 Å². The Balaban J connectivity index is 2.02. The molecule has 0 atom stereocenters. The van der Waals surface area contributed by atoms with Gasteiger partial charge in [0.05, 0.1) is 10.0 Å². The first-order valence-electron chi connectivity index (χ1n) is 5.65. The molecule has 2 aromatic carbocycles. The van der Waals surface area contributed by atoms with Crippen LogP contribution in [0.4, 0.5) is 0 Å². The van der Waals surface area contributed by atoms with E-state index in [1.54, 1.807) is 12.1 Å². The van der Waals surface area contributed by atoms with Gasteiger partial charge >= 0.3 is 0 Å². The van der Waals surface area contributed by atoms with E-state index in [1.165, 1.54) is 5.56 Å². The molecule has 0 spiro atoms. The lowest BCUT2D eigenvalue weighted by molar-refractivity contribution is 0.693. The molecule has 0 aliphatic carbocycles. The zero-order valence-corrected chi connectivity index (χ0v) is 13.7. The van der Waals surface area contributed by atoms with Crippen LogP contribution >= 0.6 is 50.7 Å². The average Bonchev–Trinajstić information content (AvgIpc) is 2.38. The highest BCUT2D eigenvalue weighted by Gasteiger charge is 2.09. The Morgan fingerprint density at radius 1 is 0.947 bits per heavy atom. The molecule has 0 fully saturated rings. The van der Waals surface area contributed by atoms with Crippen LogP contribution in [0, 0.1) is 0 Å². The summed E-state index contributed by atoms with van der Waals surface area (Å²) >= 11 is 21.7. The van der Waals surface area contributed by atoms with Crippen molar-refractivity contribution in [1.29, 1.82) is 0 Å². The lowest BCUT2D eigenvalue weighted by Crippen LogP contribution is -2.13. The number of benzene rings is 2. The Labute approximate surface area is 136 Å². The third kappa shape index (κ3) is 4.11. The van der Waals surface area contributed by atoms with Crippen LogP contribution in [0.2, 0.25) is 15.1 Å². The minimum atomic E-state index is 0.510. The summed E-state index contributed by atoms with van der Waals surface area (Å²) in [5, 5.41) is 4.96. The maximum atomic E-state index is 6.14. The SMILES string of the molecule is Clc1ccc(Cl)c(CNCc2cccc(Br)c2)c1Cl. The maximum Gasteiger partial charge on any atom is 0.0652 e. The molecule has 0 aromatic heterocycles. The van der Waals surface area contributed by atoms with E-state index in [0.29, 0.717) is 21.6 Å². The van der Waals surface area contributed by atoms with Gasteiger partial charge in [-0.2, -0.15) is 0 Å². The van der Waals surface area contributed by atoms with Crippen molar-refractivity contribution in [3.05, 3.63) is 67.1 Å². The van der Waals surface area contributed by atoms with Crippen molar-refractivity contribution in [3.63, 3.8) is 0 Å². The molecule has 100 valence electrons. The third-order valence-electron chi connectivity index (χ3n) is 2.66. The quantitative estimate of drug-likeness (QED) is 0.672. The average molecular weight is 380 g/mol. The van der Waals surface area contributed by atoms with Crippen molar-refractivity contribution in [2.75, 3.05) is 0 Å². The Morgan fingerprint density at radius 3 is 2.42 bits per heavy atom. The molecule has 5 heteroatoms. The summed E-state index contributed by atoms with van der Waals surface area (Å²) in [6, 6.07) is 11.6. The molecule has 2 rings (SSSR count). The largest absolute Gasteiger partial charge is 0.309 e. The molecule has 1 nitrogen and oxygen atoms in total. The third-order valence-corrected chi connectivity index (χ3v) is 4.35. The summed E-state index contributed by atoms with van der Waals surface area (Å²) in [4.78, 5) is 0. The first kappa shape index (κ1) is 15.1. The van der Waals surface area contributed by atoms with Gasteiger partial charge in [-0.3, -0.25) is 0 Å². The topological polar surface area (TPSA) is 12.0 Å². The Bertz CT molecular complexity index is 587. The van der Waals surface area contributed by atoms with Crippen LogP contribution in [0.15, 0.2) is 40.9 Å². The lowest BCUT2D eigenvalue weighted by atomic mass is 10.2. The second-order valence-corrected chi connectivity index (χ2v) is 6.16. The van der Waals surface area contributed by atoms with E-state index in [4.69, 9.17) is 34.8 Å². The molecule has 0 unspecified atom stereocenters. The normalized spacial score (nSPS) is 10.7. The van der Waals surface area contributed by atoms with E-state index in [-0.39, 0.29) is 0 Å². The van der Waals surface area contributed by atoms with E-state index < -0.39 is 0 Å². The van der Waals surface area contributed by atoms with Crippen LogP contribution in [0.1, 0.15) is 11.1 Å². The molecule has 2 aromatic rings. The molecule has 19 heavy (non-hydrogen) atoms. The van der Waals surface area contributed by atoms with Crippen molar-refractivity contribution < 1.29 is 0 Å². The summed E-state index contributed by atoms with van der Waals surface area (Å²) in [5.74, 6) is 0. The zero-order valence-electron chi connectivity index (χ0n) is 9.89. The van der Waals surface area contributed by atoms with Gasteiger partial charge in [0.1, 0.15) is 0 Å².